The lowest BCUT2D eigenvalue weighted by molar-refractivity contribution is -0.157. The maximum Gasteiger partial charge on any atom is 0.343 e. The summed E-state index contributed by atoms with van der Waals surface area (Å²) in [5, 5.41) is 8.89. The van der Waals surface area contributed by atoms with Gasteiger partial charge in [0.15, 0.2) is 6.61 Å². The number of urea groups is 1. The topological polar surface area (TPSA) is 112 Å². The Morgan fingerprint density at radius 2 is 1.67 bits per heavy atom. The van der Waals surface area contributed by atoms with Gasteiger partial charge in [-0.3, -0.25) is 14.6 Å². The maximum atomic E-state index is 14.3. The minimum absolute atomic E-state index is 0.0758. The van der Waals surface area contributed by atoms with Crippen molar-refractivity contribution in [1.82, 2.24) is 25.1 Å². The molecule has 4 aromatic carbocycles. The van der Waals surface area contributed by atoms with E-state index in [1.165, 1.54) is 12.1 Å². The van der Waals surface area contributed by atoms with Crippen LogP contribution in [0.2, 0.25) is 10.0 Å². The molecule has 4 amide bonds. The minimum Gasteiger partial charge on any atom is -0.482 e. The number of piperazine rings is 1. The molecule has 0 aromatic heterocycles. The molecule has 0 saturated carbocycles. The third-order valence-corrected chi connectivity index (χ3v) is 9.59. The number of halogens is 2. The molecular formula is C36H35Cl2N5O6. The number of nitrogens with one attached hydrogen (secondary N) is 1. The van der Waals surface area contributed by atoms with Gasteiger partial charge in [0.05, 0.1) is 30.2 Å². The van der Waals surface area contributed by atoms with Crippen molar-refractivity contribution in [2.24, 2.45) is 0 Å². The Bertz CT molecular complexity index is 1880. The Balaban J connectivity index is 1.25. The van der Waals surface area contributed by atoms with Crippen LogP contribution in [-0.2, 0) is 38.6 Å². The van der Waals surface area contributed by atoms with Crippen LogP contribution in [0, 0.1) is 0 Å². The summed E-state index contributed by atoms with van der Waals surface area (Å²) in [7, 11) is 2.89. The maximum absolute atomic E-state index is 14.3. The van der Waals surface area contributed by atoms with E-state index in [1.54, 1.807) is 64.3 Å². The number of ether oxygens (including phenoxy) is 2. The quantitative estimate of drug-likeness (QED) is 0.235. The number of hydrogen-bond acceptors (Lipinski definition) is 7. The van der Waals surface area contributed by atoms with E-state index in [-0.39, 0.29) is 44.5 Å². The number of hydrogen-bond donors (Lipinski definition) is 1. The highest BCUT2D eigenvalue weighted by Gasteiger charge is 2.51. The van der Waals surface area contributed by atoms with E-state index >= 15 is 0 Å². The van der Waals surface area contributed by atoms with Gasteiger partial charge < -0.3 is 24.6 Å². The van der Waals surface area contributed by atoms with Crippen molar-refractivity contribution < 1.29 is 28.7 Å². The van der Waals surface area contributed by atoms with Gasteiger partial charge in [0, 0.05) is 26.6 Å². The lowest BCUT2D eigenvalue weighted by Crippen LogP contribution is -2.65. The second kappa shape index (κ2) is 14.7. The number of amides is 4. The Morgan fingerprint density at radius 3 is 2.43 bits per heavy atom. The zero-order chi connectivity index (χ0) is 34.7. The summed E-state index contributed by atoms with van der Waals surface area (Å²) < 4.78 is 10.1. The Hall–Kier alpha value is -4.84. The fraction of sp³-hybridized carbons (Fsp3) is 0.278. The smallest absolute Gasteiger partial charge is 0.343 e. The molecule has 4 aromatic rings. The van der Waals surface area contributed by atoms with Gasteiger partial charge >= 0.3 is 12.0 Å². The number of methoxy groups -OCH3 is 1. The number of esters is 1. The van der Waals surface area contributed by atoms with E-state index in [2.05, 4.69) is 10.1 Å². The van der Waals surface area contributed by atoms with Crippen molar-refractivity contribution in [3.05, 3.63) is 112 Å². The second-order valence-electron chi connectivity index (χ2n) is 11.9. The number of nitrogens with zero attached hydrogens (tertiary/aromatic N) is 4. The molecule has 2 heterocycles. The van der Waals surface area contributed by atoms with Crippen LogP contribution in [0.4, 0.5) is 4.79 Å². The average Bonchev–Trinajstić information content (AvgIpc) is 3.44. The number of rotatable bonds is 10. The molecule has 2 fully saturated rings. The van der Waals surface area contributed by atoms with Crippen LogP contribution in [0.15, 0.2) is 84.9 Å². The first kappa shape index (κ1) is 34.0. The van der Waals surface area contributed by atoms with Crippen molar-refractivity contribution in [2.75, 3.05) is 33.9 Å². The van der Waals surface area contributed by atoms with Gasteiger partial charge in [-0.05, 0) is 51.7 Å². The molecule has 0 radical (unpaired) electrons. The lowest BCUT2D eigenvalue weighted by Gasteiger charge is -2.46. The minimum atomic E-state index is -0.819. The molecule has 2 aliphatic heterocycles. The molecule has 2 saturated heterocycles. The highest BCUT2D eigenvalue weighted by Crippen LogP contribution is 2.31. The normalized spacial score (nSPS) is 17.6. The molecule has 49 heavy (non-hydrogen) atoms. The van der Waals surface area contributed by atoms with Gasteiger partial charge in [0.2, 0.25) is 11.8 Å². The Labute approximate surface area is 293 Å². The predicted molar refractivity (Wildman–Crippen MR) is 185 cm³/mol. The molecule has 1 N–H and O–H groups in total. The van der Waals surface area contributed by atoms with Gasteiger partial charge in [-0.1, -0.05) is 83.9 Å². The number of benzene rings is 4. The van der Waals surface area contributed by atoms with E-state index in [9.17, 15) is 19.2 Å². The van der Waals surface area contributed by atoms with Crippen LogP contribution >= 0.6 is 23.2 Å². The summed E-state index contributed by atoms with van der Waals surface area (Å²) >= 11 is 12.2. The van der Waals surface area contributed by atoms with E-state index in [0.717, 1.165) is 27.5 Å². The molecule has 2 aliphatic rings. The van der Waals surface area contributed by atoms with E-state index < -0.39 is 24.2 Å². The molecule has 0 unspecified atom stereocenters. The number of hydrazine groups is 1. The zero-order valence-corrected chi connectivity index (χ0v) is 28.5. The predicted octanol–water partition coefficient (Wildman–Crippen LogP) is 4.88. The molecule has 0 spiro atoms. The van der Waals surface area contributed by atoms with Crippen LogP contribution < -0.4 is 10.1 Å². The Morgan fingerprint density at radius 1 is 0.939 bits per heavy atom. The summed E-state index contributed by atoms with van der Waals surface area (Å²) in [4.78, 5) is 56.2. The summed E-state index contributed by atoms with van der Waals surface area (Å²) in [6.07, 6.45) is -0.348. The van der Waals surface area contributed by atoms with Gasteiger partial charge in [0.1, 0.15) is 18.0 Å². The number of carbonyl (C=O) groups excluding carboxylic acids is 4. The van der Waals surface area contributed by atoms with Crippen LogP contribution in [0.1, 0.15) is 16.7 Å². The molecule has 0 bridgehead atoms. The SMILES string of the molecule is COC(=O)COc1ccc(C[C@H]2C(=O)N(Cc3cccc4ccccc34)C[C@H]3N2C(=O)CN3N(C)C(=O)NCc2ccc(Cl)c(Cl)c2)cc1. The van der Waals surface area contributed by atoms with Crippen molar-refractivity contribution in [2.45, 2.75) is 31.7 Å². The molecule has 13 heteroatoms. The van der Waals surface area contributed by atoms with Crippen LogP contribution in [-0.4, -0.2) is 89.7 Å². The summed E-state index contributed by atoms with van der Waals surface area (Å²) in [5.74, 6) is -0.469. The first-order chi connectivity index (χ1) is 23.6. The van der Waals surface area contributed by atoms with Gasteiger partial charge in [-0.2, -0.15) is 5.01 Å². The van der Waals surface area contributed by atoms with Crippen molar-refractivity contribution >= 4 is 57.8 Å². The molecule has 6 rings (SSSR count). The highest BCUT2D eigenvalue weighted by molar-refractivity contribution is 6.42. The zero-order valence-electron chi connectivity index (χ0n) is 27.0. The van der Waals surface area contributed by atoms with E-state index in [4.69, 9.17) is 27.9 Å². The standard InChI is InChI=1S/C36H35Cl2N5O6/c1-40(36(47)39-18-24-12-15-29(37)30(38)16-24)42-21-33(44)43-31(17-23-10-13-27(14-11-23)49-22-34(45)48-2)35(46)41(20-32(42)43)19-26-8-5-7-25-6-3-4-9-28(25)26/h3-16,31-32H,17-22H2,1-2H3,(H,39,47)/t31-,32+/m0/s1. The van der Waals surface area contributed by atoms with Gasteiger partial charge in [-0.25, -0.2) is 9.59 Å². The molecule has 2 atom stereocenters. The fourth-order valence-electron chi connectivity index (χ4n) is 6.29. The molecular weight excluding hydrogens is 669 g/mol. The third kappa shape index (κ3) is 7.44. The van der Waals surface area contributed by atoms with Crippen LogP contribution in [0.25, 0.3) is 10.8 Å². The molecule has 254 valence electrons. The molecule has 0 aliphatic carbocycles. The van der Waals surface area contributed by atoms with Crippen molar-refractivity contribution in [1.29, 1.82) is 0 Å². The third-order valence-electron chi connectivity index (χ3n) is 8.85. The van der Waals surface area contributed by atoms with Crippen molar-refractivity contribution in [3.63, 3.8) is 0 Å². The first-order valence-corrected chi connectivity index (χ1v) is 16.5. The number of carbonyl (C=O) groups is 4. The fourth-order valence-corrected chi connectivity index (χ4v) is 6.61. The van der Waals surface area contributed by atoms with Crippen molar-refractivity contribution in [3.8, 4) is 5.75 Å². The summed E-state index contributed by atoms with van der Waals surface area (Å²) in [6, 6.07) is 24.9. The second-order valence-corrected chi connectivity index (χ2v) is 12.7. The largest absolute Gasteiger partial charge is 0.482 e. The average molecular weight is 705 g/mol. The van der Waals surface area contributed by atoms with Crippen LogP contribution in [0.3, 0.4) is 0 Å². The van der Waals surface area contributed by atoms with Gasteiger partial charge in [-0.15, -0.1) is 0 Å². The monoisotopic (exact) mass is 703 g/mol. The van der Waals surface area contributed by atoms with Gasteiger partial charge in [0.25, 0.3) is 0 Å². The lowest BCUT2D eigenvalue weighted by atomic mass is 9.99. The number of fused-ring (bicyclic) bond motifs is 2. The van der Waals surface area contributed by atoms with Crippen LogP contribution in [0.5, 0.6) is 5.75 Å². The summed E-state index contributed by atoms with van der Waals surface area (Å²) in [5.41, 5.74) is 2.55. The highest BCUT2D eigenvalue weighted by atomic mass is 35.5. The van der Waals surface area contributed by atoms with E-state index in [0.29, 0.717) is 22.3 Å². The Kier molecular flexibility index (Phi) is 10.2. The summed E-state index contributed by atoms with van der Waals surface area (Å²) in [6.45, 7) is 0.428. The molecule has 11 nitrogen and oxygen atoms in total. The van der Waals surface area contributed by atoms with E-state index in [1.807, 2.05) is 42.5 Å². The first-order valence-electron chi connectivity index (χ1n) is 15.7.